The molecule has 0 saturated heterocycles. The molecule has 5 nitrogen and oxygen atoms in total. The minimum absolute atomic E-state index is 0.0701. The largest absolute Gasteiger partial charge is 0.462 e. The summed E-state index contributed by atoms with van der Waals surface area (Å²) in [6, 6.07) is 0. The predicted molar refractivity (Wildman–Crippen MR) is 316 cm³/mol. The molecule has 0 aromatic rings. The normalized spacial score (nSPS) is 12.9. The first-order chi connectivity index (χ1) is 35.6. The summed E-state index contributed by atoms with van der Waals surface area (Å²) in [7, 11) is 0. The molecule has 0 saturated carbocycles. The highest BCUT2D eigenvalue weighted by atomic mass is 16.6. The highest BCUT2D eigenvalue weighted by Gasteiger charge is 2.17. The van der Waals surface area contributed by atoms with Gasteiger partial charge in [-0.25, -0.2) is 0 Å². The molecule has 0 spiro atoms. The van der Waals surface area contributed by atoms with Crippen LogP contribution in [0.2, 0.25) is 0 Å². The van der Waals surface area contributed by atoms with E-state index in [1.54, 1.807) is 0 Å². The van der Waals surface area contributed by atoms with Gasteiger partial charge in [-0.15, -0.1) is 0 Å². The molecule has 0 rings (SSSR count). The Labute approximate surface area is 447 Å². The summed E-state index contributed by atoms with van der Waals surface area (Å²) in [5, 5.41) is 0. The first-order valence-electron chi connectivity index (χ1n) is 30.8. The molecule has 1 unspecified atom stereocenters. The molecule has 0 N–H and O–H groups in total. The maximum absolute atomic E-state index is 12.9. The fourth-order valence-electron chi connectivity index (χ4n) is 8.50. The van der Waals surface area contributed by atoms with Crippen molar-refractivity contribution in [1.82, 2.24) is 0 Å². The molecule has 414 valence electrons. The smallest absolute Gasteiger partial charge is 0.306 e. The first kappa shape index (κ1) is 68.8. The van der Waals surface area contributed by atoms with Crippen LogP contribution in [-0.4, -0.2) is 37.9 Å². The van der Waals surface area contributed by atoms with Crippen LogP contribution in [0.3, 0.4) is 0 Å². The molecule has 72 heavy (non-hydrogen) atoms. The molecular weight excluding hydrogens is 885 g/mol. The number of hydrogen-bond donors (Lipinski definition) is 0. The molecule has 0 aliphatic rings. The van der Waals surface area contributed by atoms with E-state index in [2.05, 4.69) is 118 Å². The number of ether oxygens (including phenoxy) is 3. The van der Waals surface area contributed by atoms with Crippen molar-refractivity contribution in [1.29, 1.82) is 0 Å². The van der Waals surface area contributed by atoms with Crippen molar-refractivity contribution in [2.45, 2.75) is 297 Å². The van der Waals surface area contributed by atoms with Gasteiger partial charge in [0.15, 0.2) is 6.10 Å². The van der Waals surface area contributed by atoms with E-state index in [1.807, 2.05) is 0 Å². The zero-order chi connectivity index (χ0) is 52.0. The van der Waals surface area contributed by atoms with Crippen molar-refractivity contribution < 1.29 is 23.8 Å². The maximum atomic E-state index is 12.9. The zero-order valence-electron chi connectivity index (χ0n) is 47.7. The molecule has 5 heteroatoms. The van der Waals surface area contributed by atoms with Crippen molar-refractivity contribution >= 4 is 11.9 Å². The molecular formula is C67H116O5. The number of hydrogen-bond acceptors (Lipinski definition) is 5. The molecule has 0 bridgehead atoms. The lowest BCUT2D eigenvalue weighted by molar-refractivity contribution is -0.163. The van der Waals surface area contributed by atoms with Crippen molar-refractivity contribution in [3.63, 3.8) is 0 Å². The first-order valence-corrected chi connectivity index (χ1v) is 30.8. The number of esters is 2. The monoisotopic (exact) mass is 1000 g/mol. The third-order valence-corrected chi connectivity index (χ3v) is 13.1. The SMILES string of the molecule is CC/C=C\C/C=C\C/C=C\C/C=C\CCCCCCCCC(=O)OCC(COCCCCCCCCCC/C=C\C/C=C\CCCCC)OC(=O)CCCCCCCCCCC/C=C\C/C=C\CCCCC. The van der Waals surface area contributed by atoms with Crippen molar-refractivity contribution in [3.05, 3.63) is 97.2 Å². The van der Waals surface area contributed by atoms with Gasteiger partial charge in [0.1, 0.15) is 6.61 Å². The van der Waals surface area contributed by atoms with Crippen LogP contribution in [0.1, 0.15) is 290 Å². The summed E-state index contributed by atoms with van der Waals surface area (Å²) >= 11 is 0. The van der Waals surface area contributed by atoms with E-state index in [-0.39, 0.29) is 25.2 Å². The summed E-state index contributed by atoms with van der Waals surface area (Å²) < 4.78 is 17.5. The van der Waals surface area contributed by atoms with E-state index in [4.69, 9.17) is 14.2 Å². The van der Waals surface area contributed by atoms with E-state index < -0.39 is 6.10 Å². The summed E-state index contributed by atoms with van der Waals surface area (Å²) in [5.74, 6) is -0.416. The molecule has 0 radical (unpaired) electrons. The van der Waals surface area contributed by atoms with Crippen LogP contribution in [0.5, 0.6) is 0 Å². The molecule has 0 aromatic carbocycles. The van der Waals surface area contributed by atoms with Gasteiger partial charge < -0.3 is 14.2 Å². The Morgan fingerprint density at radius 1 is 0.319 bits per heavy atom. The Bertz CT molecular complexity index is 1360. The second kappa shape index (κ2) is 62.1. The molecule has 0 fully saturated rings. The highest BCUT2D eigenvalue weighted by molar-refractivity contribution is 5.70. The highest BCUT2D eigenvalue weighted by Crippen LogP contribution is 2.15. The molecule has 0 aromatic heterocycles. The third kappa shape index (κ3) is 59.4. The third-order valence-electron chi connectivity index (χ3n) is 13.1. The van der Waals surface area contributed by atoms with Crippen LogP contribution in [0.4, 0.5) is 0 Å². The average Bonchev–Trinajstić information content (AvgIpc) is 3.38. The van der Waals surface area contributed by atoms with Gasteiger partial charge in [0, 0.05) is 19.4 Å². The molecule has 0 aliphatic carbocycles. The quantitative estimate of drug-likeness (QED) is 0.0345. The second-order valence-electron chi connectivity index (χ2n) is 20.2. The second-order valence-corrected chi connectivity index (χ2v) is 20.2. The fraction of sp³-hybridized carbons (Fsp3) is 0.731. The number of carbonyl (C=O) groups excluding carboxylic acids is 2. The van der Waals surface area contributed by atoms with E-state index in [0.29, 0.717) is 19.4 Å². The van der Waals surface area contributed by atoms with Crippen LogP contribution in [0, 0.1) is 0 Å². The Morgan fingerprint density at radius 2 is 0.625 bits per heavy atom. The molecule has 1 atom stereocenters. The van der Waals surface area contributed by atoms with Gasteiger partial charge in [-0.05, 0) is 122 Å². The zero-order valence-corrected chi connectivity index (χ0v) is 47.7. The van der Waals surface area contributed by atoms with E-state index in [0.717, 1.165) is 96.3 Å². The van der Waals surface area contributed by atoms with Gasteiger partial charge in [0.05, 0.1) is 6.61 Å². The molecule has 0 heterocycles. The van der Waals surface area contributed by atoms with Crippen molar-refractivity contribution in [2.24, 2.45) is 0 Å². The summed E-state index contributed by atoms with van der Waals surface area (Å²) in [5.41, 5.74) is 0. The van der Waals surface area contributed by atoms with Gasteiger partial charge in [-0.3, -0.25) is 9.59 Å². The van der Waals surface area contributed by atoms with Crippen LogP contribution >= 0.6 is 0 Å². The lowest BCUT2D eigenvalue weighted by atomic mass is 10.1. The topological polar surface area (TPSA) is 61.8 Å². The van der Waals surface area contributed by atoms with E-state index in [9.17, 15) is 9.59 Å². The van der Waals surface area contributed by atoms with E-state index >= 15 is 0 Å². The van der Waals surface area contributed by atoms with Crippen molar-refractivity contribution in [3.8, 4) is 0 Å². The minimum atomic E-state index is -0.554. The van der Waals surface area contributed by atoms with Crippen LogP contribution in [0.25, 0.3) is 0 Å². The summed E-state index contributed by atoms with van der Waals surface area (Å²) in [6.45, 7) is 7.66. The van der Waals surface area contributed by atoms with Crippen LogP contribution in [-0.2, 0) is 23.8 Å². The van der Waals surface area contributed by atoms with Gasteiger partial charge in [-0.1, -0.05) is 253 Å². The van der Waals surface area contributed by atoms with Crippen LogP contribution in [0.15, 0.2) is 97.2 Å². The Morgan fingerprint density at radius 3 is 1.00 bits per heavy atom. The lowest BCUT2D eigenvalue weighted by Crippen LogP contribution is -2.30. The number of rotatable bonds is 56. The van der Waals surface area contributed by atoms with Gasteiger partial charge in [0.25, 0.3) is 0 Å². The van der Waals surface area contributed by atoms with Crippen molar-refractivity contribution in [2.75, 3.05) is 19.8 Å². The predicted octanol–water partition coefficient (Wildman–Crippen LogP) is 21.4. The molecule has 0 amide bonds. The minimum Gasteiger partial charge on any atom is -0.462 e. The standard InChI is InChI=1S/C67H116O5/c1-4-7-10-13-16-19-22-25-28-31-34-36-39-42-45-48-51-54-57-60-66(68)71-64-65(63-70-62-59-56-53-50-47-44-41-38-33-30-27-24-21-18-15-12-9-6-3)72-67(69)61-58-55-52-49-46-43-40-37-35-32-29-26-23-20-17-14-11-8-5-2/h7,10,16-21,25-30,34,36,65H,4-6,8-9,11-15,22-24,31-33,35,37-64H2,1-3H3/b10-7-,19-16-,20-17-,21-18-,28-25-,29-26-,30-27-,36-34-. The van der Waals surface area contributed by atoms with E-state index in [1.165, 1.54) is 161 Å². The summed E-state index contributed by atoms with van der Waals surface area (Å²) in [6.07, 6.45) is 84.3. The number of unbranched alkanes of at least 4 members (excludes halogenated alkanes) is 29. The maximum Gasteiger partial charge on any atom is 0.306 e. The average molecular weight is 1000 g/mol. The molecule has 0 aliphatic heterocycles. The number of allylic oxidation sites excluding steroid dienone is 16. The van der Waals surface area contributed by atoms with Gasteiger partial charge in [0.2, 0.25) is 0 Å². The Balaban J connectivity index is 4.33. The Hall–Kier alpha value is -3.18. The van der Waals surface area contributed by atoms with Crippen LogP contribution < -0.4 is 0 Å². The fourth-order valence-corrected chi connectivity index (χ4v) is 8.50. The number of carbonyl (C=O) groups is 2. The van der Waals surface area contributed by atoms with Gasteiger partial charge >= 0.3 is 11.9 Å². The lowest BCUT2D eigenvalue weighted by Gasteiger charge is -2.18. The van der Waals surface area contributed by atoms with Gasteiger partial charge in [-0.2, -0.15) is 0 Å². The Kier molecular flexibility index (Phi) is 59.4. The summed E-state index contributed by atoms with van der Waals surface area (Å²) in [4.78, 5) is 25.6.